The number of ether oxygens (including phenoxy) is 5. The number of rotatable bonds is 14. The maximum absolute atomic E-state index is 12.2. The van der Waals surface area contributed by atoms with Gasteiger partial charge in [-0.25, -0.2) is 4.79 Å². The van der Waals surface area contributed by atoms with Gasteiger partial charge in [0.1, 0.15) is 11.5 Å². The zero-order valence-corrected chi connectivity index (χ0v) is 18.7. The number of hydrogen-bond donors (Lipinski definition) is 0. The molecule has 0 N–H and O–H groups in total. The van der Waals surface area contributed by atoms with E-state index in [1.54, 1.807) is 12.4 Å². The SMILES string of the molecule is CCOCOc1ccccc1/C=N/CC(/N=C/c1ccccc1OCOCC)C(=O)OC. The normalized spacial score (nSPS) is 12.2. The third kappa shape index (κ3) is 8.49. The van der Waals surface area contributed by atoms with Crippen LogP contribution in [0.2, 0.25) is 0 Å². The number of carbonyl (C=O) groups excluding carboxylic acids is 1. The quantitative estimate of drug-likeness (QED) is 0.193. The molecule has 0 spiro atoms. The predicted molar refractivity (Wildman–Crippen MR) is 123 cm³/mol. The molecule has 0 amide bonds. The summed E-state index contributed by atoms with van der Waals surface area (Å²) < 4.78 is 26.6. The van der Waals surface area contributed by atoms with Crippen LogP contribution in [-0.4, -0.2) is 64.9 Å². The highest BCUT2D eigenvalue weighted by molar-refractivity contribution is 5.87. The molecule has 0 fully saturated rings. The lowest BCUT2D eigenvalue weighted by molar-refractivity contribution is -0.141. The molecule has 8 nitrogen and oxygen atoms in total. The van der Waals surface area contributed by atoms with E-state index in [2.05, 4.69) is 9.98 Å². The van der Waals surface area contributed by atoms with Crippen LogP contribution in [0.5, 0.6) is 11.5 Å². The van der Waals surface area contributed by atoms with Gasteiger partial charge in [0, 0.05) is 36.8 Å². The van der Waals surface area contributed by atoms with Crippen molar-refractivity contribution in [2.75, 3.05) is 40.5 Å². The van der Waals surface area contributed by atoms with Crippen LogP contribution in [0.1, 0.15) is 25.0 Å². The lowest BCUT2D eigenvalue weighted by atomic mass is 10.2. The van der Waals surface area contributed by atoms with Crippen LogP contribution < -0.4 is 9.47 Å². The van der Waals surface area contributed by atoms with Gasteiger partial charge in [0.2, 0.25) is 0 Å². The smallest absolute Gasteiger partial charge is 0.332 e. The van der Waals surface area contributed by atoms with Gasteiger partial charge in [0.05, 0.1) is 13.7 Å². The molecule has 32 heavy (non-hydrogen) atoms. The monoisotopic (exact) mass is 442 g/mol. The van der Waals surface area contributed by atoms with Crippen LogP contribution in [-0.2, 0) is 19.0 Å². The molecule has 1 atom stereocenters. The Morgan fingerprint density at radius 3 is 1.94 bits per heavy atom. The van der Waals surface area contributed by atoms with E-state index in [0.717, 1.165) is 11.1 Å². The van der Waals surface area contributed by atoms with Gasteiger partial charge in [-0.2, -0.15) is 0 Å². The molecular formula is C24H30N2O6. The minimum Gasteiger partial charge on any atom is -0.467 e. The summed E-state index contributed by atoms with van der Waals surface area (Å²) >= 11 is 0. The number of aliphatic imine (C=N–C) groups is 2. The topological polar surface area (TPSA) is 87.9 Å². The molecule has 0 heterocycles. The van der Waals surface area contributed by atoms with E-state index < -0.39 is 12.0 Å². The van der Waals surface area contributed by atoms with Crippen LogP contribution in [0.3, 0.4) is 0 Å². The second-order valence-electron chi connectivity index (χ2n) is 6.40. The van der Waals surface area contributed by atoms with Crippen molar-refractivity contribution in [3.63, 3.8) is 0 Å². The van der Waals surface area contributed by atoms with Crippen LogP contribution in [0.4, 0.5) is 0 Å². The summed E-state index contributed by atoms with van der Waals surface area (Å²) in [5.74, 6) is 0.771. The lowest BCUT2D eigenvalue weighted by Gasteiger charge is -2.10. The summed E-state index contributed by atoms with van der Waals surface area (Å²) in [5, 5.41) is 0. The third-order valence-corrected chi connectivity index (χ3v) is 4.22. The molecule has 0 saturated carbocycles. The minimum absolute atomic E-state index is 0.116. The van der Waals surface area contributed by atoms with Crippen molar-refractivity contribution in [1.82, 2.24) is 0 Å². The molecule has 0 aliphatic carbocycles. The molecule has 0 aliphatic heterocycles. The Morgan fingerprint density at radius 1 is 0.875 bits per heavy atom. The van der Waals surface area contributed by atoms with Gasteiger partial charge in [-0.3, -0.25) is 9.98 Å². The molecule has 8 heteroatoms. The molecule has 172 valence electrons. The third-order valence-electron chi connectivity index (χ3n) is 4.22. The summed E-state index contributed by atoms with van der Waals surface area (Å²) in [5.41, 5.74) is 1.49. The molecule has 1 unspecified atom stereocenters. The summed E-state index contributed by atoms with van der Waals surface area (Å²) in [7, 11) is 1.32. The molecule has 2 aromatic carbocycles. The zero-order valence-electron chi connectivity index (χ0n) is 18.7. The van der Waals surface area contributed by atoms with Gasteiger partial charge < -0.3 is 23.7 Å². The first-order valence-electron chi connectivity index (χ1n) is 10.4. The Hall–Kier alpha value is -3.23. The first-order chi connectivity index (χ1) is 15.7. The molecule has 0 bridgehead atoms. The van der Waals surface area contributed by atoms with E-state index >= 15 is 0 Å². The highest BCUT2D eigenvalue weighted by Gasteiger charge is 2.17. The minimum atomic E-state index is -0.798. The Labute approximate surface area is 188 Å². The van der Waals surface area contributed by atoms with Crippen LogP contribution in [0.25, 0.3) is 0 Å². The van der Waals surface area contributed by atoms with Gasteiger partial charge >= 0.3 is 5.97 Å². The number of esters is 1. The fourth-order valence-electron chi connectivity index (χ4n) is 2.55. The molecule has 2 aromatic rings. The van der Waals surface area contributed by atoms with E-state index in [-0.39, 0.29) is 20.1 Å². The maximum Gasteiger partial charge on any atom is 0.332 e. The Morgan fingerprint density at radius 2 is 1.41 bits per heavy atom. The van der Waals surface area contributed by atoms with E-state index in [4.69, 9.17) is 23.7 Å². The highest BCUT2D eigenvalue weighted by Crippen LogP contribution is 2.17. The number of benzene rings is 2. The Bertz CT molecular complexity index is 884. The lowest BCUT2D eigenvalue weighted by Crippen LogP contribution is -2.23. The number of para-hydroxylation sites is 2. The average Bonchev–Trinajstić information content (AvgIpc) is 2.82. The standard InChI is InChI=1S/C24H30N2O6/c1-4-29-17-31-22-12-8-6-10-19(22)14-25-16-21(24(27)28-3)26-15-20-11-7-9-13-23(20)32-18-30-5-2/h6-15,21H,4-5,16-18H2,1-3H3/b25-14+,26-15+. The maximum atomic E-state index is 12.2. The molecule has 0 saturated heterocycles. The van der Waals surface area contributed by atoms with Gasteiger partial charge in [0.15, 0.2) is 19.6 Å². The van der Waals surface area contributed by atoms with Crippen molar-refractivity contribution in [1.29, 1.82) is 0 Å². The first kappa shape index (κ1) is 25.0. The largest absolute Gasteiger partial charge is 0.467 e. The highest BCUT2D eigenvalue weighted by atomic mass is 16.7. The molecular weight excluding hydrogens is 412 g/mol. The fraction of sp³-hybridized carbons (Fsp3) is 0.375. The summed E-state index contributed by atoms with van der Waals surface area (Å²) in [6, 6.07) is 14.0. The number of methoxy groups -OCH3 is 1. The van der Waals surface area contributed by atoms with Crippen LogP contribution >= 0.6 is 0 Å². The second kappa shape index (κ2) is 14.7. The Kier molecular flexibility index (Phi) is 11.5. The van der Waals surface area contributed by atoms with Crippen molar-refractivity contribution in [2.45, 2.75) is 19.9 Å². The number of hydrogen-bond acceptors (Lipinski definition) is 8. The van der Waals surface area contributed by atoms with Gasteiger partial charge in [-0.15, -0.1) is 0 Å². The molecule has 0 radical (unpaired) electrons. The van der Waals surface area contributed by atoms with E-state index in [0.29, 0.717) is 24.7 Å². The zero-order chi connectivity index (χ0) is 23.0. The van der Waals surface area contributed by atoms with Gasteiger partial charge in [0.25, 0.3) is 0 Å². The fourth-order valence-corrected chi connectivity index (χ4v) is 2.55. The Balaban J connectivity index is 2.09. The second-order valence-corrected chi connectivity index (χ2v) is 6.40. The van der Waals surface area contributed by atoms with Crippen molar-refractivity contribution < 1.29 is 28.5 Å². The molecule has 0 aliphatic rings. The van der Waals surface area contributed by atoms with Gasteiger partial charge in [-0.1, -0.05) is 24.3 Å². The number of carbonyl (C=O) groups is 1. The summed E-state index contributed by atoms with van der Waals surface area (Å²) in [4.78, 5) is 21.0. The van der Waals surface area contributed by atoms with Crippen LogP contribution in [0, 0.1) is 0 Å². The van der Waals surface area contributed by atoms with E-state index in [1.165, 1.54) is 7.11 Å². The average molecular weight is 443 g/mol. The van der Waals surface area contributed by atoms with E-state index in [1.807, 2.05) is 62.4 Å². The van der Waals surface area contributed by atoms with Crippen molar-refractivity contribution in [2.24, 2.45) is 9.98 Å². The van der Waals surface area contributed by atoms with Crippen molar-refractivity contribution in [3.05, 3.63) is 59.7 Å². The van der Waals surface area contributed by atoms with Crippen molar-refractivity contribution >= 4 is 18.4 Å². The van der Waals surface area contributed by atoms with Crippen molar-refractivity contribution in [3.8, 4) is 11.5 Å². The van der Waals surface area contributed by atoms with E-state index in [9.17, 15) is 4.79 Å². The van der Waals surface area contributed by atoms with Gasteiger partial charge in [-0.05, 0) is 38.1 Å². The molecule has 2 rings (SSSR count). The van der Waals surface area contributed by atoms with Crippen LogP contribution in [0.15, 0.2) is 58.5 Å². The first-order valence-corrected chi connectivity index (χ1v) is 10.4. The molecule has 0 aromatic heterocycles. The predicted octanol–water partition coefficient (Wildman–Crippen LogP) is 3.51. The number of nitrogens with zero attached hydrogens (tertiary/aromatic N) is 2. The summed E-state index contributed by atoms with van der Waals surface area (Å²) in [6.45, 7) is 5.31. The summed E-state index contributed by atoms with van der Waals surface area (Å²) in [6.07, 6.45) is 3.23.